The zero-order valence-corrected chi connectivity index (χ0v) is 13.0. The van der Waals surface area contributed by atoms with Gasteiger partial charge >= 0.3 is 6.09 Å². The average Bonchev–Trinajstić information content (AvgIpc) is 2.45. The Morgan fingerprint density at radius 1 is 1.14 bits per heavy atom. The molecule has 2 rings (SSSR count). The molecule has 1 amide bonds. The smallest absolute Gasteiger partial charge is 0.407 e. The minimum absolute atomic E-state index is 0.377. The van der Waals surface area contributed by atoms with Crippen molar-refractivity contribution in [2.24, 2.45) is 0 Å². The zero-order valence-electron chi connectivity index (χ0n) is 13.0. The van der Waals surface area contributed by atoms with Crippen molar-refractivity contribution < 1.29 is 14.3 Å². The molecule has 0 saturated carbocycles. The number of carbonyl (C=O) groups is 1. The maximum atomic E-state index is 11.6. The summed E-state index contributed by atoms with van der Waals surface area (Å²) < 4.78 is 10.9. The van der Waals surface area contributed by atoms with Gasteiger partial charge in [-0.1, -0.05) is 12.1 Å². The first kappa shape index (κ1) is 15.8. The average molecular weight is 300 g/mol. The number of nitrogens with zero attached hydrogens (tertiary/aromatic N) is 1. The first-order chi connectivity index (χ1) is 10.4. The van der Waals surface area contributed by atoms with Gasteiger partial charge in [-0.15, -0.1) is 0 Å². The third-order valence-electron chi connectivity index (χ3n) is 2.62. The second-order valence-electron chi connectivity index (χ2n) is 5.79. The van der Waals surface area contributed by atoms with E-state index in [1.54, 1.807) is 24.5 Å². The SMILES string of the molecule is CC(C)(C)OC(=O)NCc1cccc(Oc2ccncc2)c1. The van der Waals surface area contributed by atoms with Crippen LogP contribution >= 0.6 is 0 Å². The molecule has 0 aliphatic heterocycles. The third kappa shape index (κ3) is 5.44. The van der Waals surface area contributed by atoms with Gasteiger partial charge < -0.3 is 14.8 Å². The van der Waals surface area contributed by atoms with Crippen LogP contribution in [0.5, 0.6) is 11.5 Å². The quantitative estimate of drug-likeness (QED) is 0.930. The lowest BCUT2D eigenvalue weighted by atomic mass is 10.2. The van der Waals surface area contributed by atoms with Crippen molar-refractivity contribution in [2.75, 3.05) is 0 Å². The predicted octanol–water partition coefficient (Wildman–Crippen LogP) is 3.90. The Morgan fingerprint density at radius 3 is 2.55 bits per heavy atom. The van der Waals surface area contributed by atoms with Crippen molar-refractivity contribution in [3.8, 4) is 11.5 Å². The number of aromatic nitrogens is 1. The summed E-state index contributed by atoms with van der Waals surface area (Å²) in [5, 5.41) is 2.72. The Balaban J connectivity index is 1.93. The van der Waals surface area contributed by atoms with Gasteiger partial charge in [-0.25, -0.2) is 4.79 Å². The summed E-state index contributed by atoms with van der Waals surface area (Å²) in [4.78, 5) is 15.6. The number of benzene rings is 1. The van der Waals surface area contributed by atoms with Crippen LogP contribution in [-0.4, -0.2) is 16.7 Å². The third-order valence-corrected chi connectivity index (χ3v) is 2.62. The van der Waals surface area contributed by atoms with E-state index in [1.165, 1.54) is 0 Å². The van der Waals surface area contributed by atoms with Crippen molar-refractivity contribution in [1.82, 2.24) is 10.3 Å². The highest BCUT2D eigenvalue weighted by molar-refractivity contribution is 5.67. The van der Waals surface area contributed by atoms with Crippen LogP contribution in [0.3, 0.4) is 0 Å². The molecule has 5 heteroatoms. The number of hydrogen-bond acceptors (Lipinski definition) is 4. The van der Waals surface area contributed by atoms with Gasteiger partial charge in [0, 0.05) is 18.9 Å². The van der Waals surface area contributed by atoms with E-state index in [0.29, 0.717) is 18.0 Å². The largest absolute Gasteiger partial charge is 0.457 e. The van der Waals surface area contributed by atoms with Crippen molar-refractivity contribution in [2.45, 2.75) is 32.9 Å². The summed E-state index contributed by atoms with van der Waals surface area (Å²) in [5.41, 5.74) is 0.425. The van der Waals surface area contributed by atoms with Gasteiger partial charge in [0.1, 0.15) is 17.1 Å². The van der Waals surface area contributed by atoms with Crippen molar-refractivity contribution >= 4 is 6.09 Å². The fraction of sp³-hybridized carbons (Fsp3) is 0.294. The minimum atomic E-state index is -0.504. The normalized spacial score (nSPS) is 10.9. The summed E-state index contributed by atoms with van der Waals surface area (Å²) in [6, 6.07) is 11.1. The van der Waals surface area contributed by atoms with Gasteiger partial charge in [0.15, 0.2) is 0 Å². The van der Waals surface area contributed by atoms with Crippen molar-refractivity contribution in [1.29, 1.82) is 0 Å². The van der Waals surface area contributed by atoms with Gasteiger partial charge in [-0.3, -0.25) is 4.98 Å². The zero-order chi connectivity index (χ0) is 16.0. The Kier molecular flexibility index (Phi) is 4.99. The standard InChI is InChI=1S/C17H20N2O3/c1-17(2,3)22-16(20)19-12-13-5-4-6-15(11-13)21-14-7-9-18-10-8-14/h4-11H,12H2,1-3H3,(H,19,20). The van der Waals surface area contributed by atoms with Crippen LogP contribution in [0.2, 0.25) is 0 Å². The van der Waals surface area contributed by atoms with E-state index < -0.39 is 11.7 Å². The first-order valence-electron chi connectivity index (χ1n) is 7.06. The fourth-order valence-corrected chi connectivity index (χ4v) is 1.75. The number of pyridine rings is 1. The molecular weight excluding hydrogens is 280 g/mol. The van der Waals surface area contributed by atoms with Gasteiger partial charge in [-0.05, 0) is 50.6 Å². The van der Waals surface area contributed by atoms with Crippen LogP contribution in [0.1, 0.15) is 26.3 Å². The molecule has 0 bridgehead atoms. The molecule has 1 aromatic carbocycles. The highest BCUT2D eigenvalue weighted by Gasteiger charge is 2.15. The van der Waals surface area contributed by atoms with E-state index in [4.69, 9.17) is 9.47 Å². The van der Waals surface area contributed by atoms with Crippen molar-refractivity contribution in [3.63, 3.8) is 0 Å². The van der Waals surface area contributed by atoms with Gasteiger partial charge in [-0.2, -0.15) is 0 Å². The van der Waals surface area contributed by atoms with Crippen molar-refractivity contribution in [3.05, 3.63) is 54.4 Å². The first-order valence-corrected chi connectivity index (χ1v) is 7.06. The van der Waals surface area contributed by atoms with E-state index in [9.17, 15) is 4.79 Å². The molecule has 2 aromatic rings. The molecule has 0 saturated heterocycles. The van der Waals surface area contributed by atoms with E-state index in [2.05, 4.69) is 10.3 Å². The lowest BCUT2D eigenvalue weighted by Gasteiger charge is -2.19. The molecule has 116 valence electrons. The number of hydrogen-bond donors (Lipinski definition) is 1. The molecule has 0 radical (unpaired) electrons. The monoisotopic (exact) mass is 300 g/mol. The Hall–Kier alpha value is -2.56. The maximum absolute atomic E-state index is 11.6. The molecule has 0 atom stereocenters. The Morgan fingerprint density at radius 2 is 1.86 bits per heavy atom. The highest BCUT2D eigenvalue weighted by Crippen LogP contribution is 2.21. The summed E-state index contributed by atoms with van der Waals surface area (Å²) in [6.07, 6.45) is 2.90. The van der Waals surface area contributed by atoms with Crippen LogP contribution in [-0.2, 0) is 11.3 Å². The van der Waals surface area contributed by atoms with Crippen LogP contribution in [0.25, 0.3) is 0 Å². The predicted molar refractivity (Wildman–Crippen MR) is 83.8 cm³/mol. The molecule has 0 spiro atoms. The minimum Gasteiger partial charge on any atom is -0.457 e. The lowest BCUT2D eigenvalue weighted by Crippen LogP contribution is -2.32. The summed E-state index contributed by atoms with van der Waals surface area (Å²) in [6.45, 7) is 5.86. The molecule has 22 heavy (non-hydrogen) atoms. The second kappa shape index (κ2) is 6.93. The molecule has 0 aliphatic carbocycles. The molecular formula is C17H20N2O3. The van der Waals surface area contributed by atoms with E-state index in [0.717, 1.165) is 5.56 Å². The van der Waals surface area contributed by atoms with E-state index >= 15 is 0 Å². The Labute approximate surface area is 130 Å². The molecule has 0 fully saturated rings. The number of nitrogens with one attached hydrogen (secondary N) is 1. The molecule has 1 heterocycles. The lowest BCUT2D eigenvalue weighted by molar-refractivity contribution is 0.0523. The number of alkyl carbamates (subject to hydrolysis) is 1. The highest BCUT2D eigenvalue weighted by atomic mass is 16.6. The van der Waals surface area contributed by atoms with Crippen LogP contribution < -0.4 is 10.1 Å². The van der Waals surface area contributed by atoms with Crippen LogP contribution in [0.4, 0.5) is 4.79 Å². The molecule has 0 aliphatic rings. The van der Waals surface area contributed by atoms with Gasteiger partial charge in [0.05, 0.1) is 0 Å². The molecule has 1 aromatic heterocycles. The van der Waals surface area contributed by atoms with Crippen LogP contribution in [0, 0.1) is 0 Å². The topological polar surface area (TPSA) is 60.5 Å². The maximum Gasteiger partial charge on any atom is 0.407 e. The summed E-state index contributed by atoms with van der Waals surface area (Å²) in [5.74, 6) is 1.42. The van der Waals surface area contributed by atoms with Gasteiger partial charge in [0.2, 0.25) is 0 Å². The van der Waals surface area contributed by atoms with Gasteiger partial charge in [0.25, 0.3) is 0 Å². The number of ether oxygens (including phenoxy) is 2. The second-order valence-corrected chi connectivity index (χ2v) is 5.79. The summed E-state index contributed by atoms with van der Waals surface area (Å²) in [7, 11) is 0. The van der Waals surface area contributed by atoms with E-state index in [1.807, 2.05) is 45.0 Å². The molecule has 0 unspecified atom stereocenters. The molecule has 1 N–H and O–H groups in total. The fourth-order valence-electron chi connectivity index (χ4n) is 1.75. The number of rotatable bonds is 4. The van der Waals surface area contributed by atoms with Crippen LogP contribution in [0.15, 0.2) is 48.8 Å². The Bertz CT molecular complexity index is 621. The van der Waals surface area contributed by atoms with E-state index in [-0.39, 0.29) is 0 Å². The number of amides is 1. The number of carbonyl (C=O) groups excluding carboxylic acids is 1. The summed E-state index contributed by atoms with van der Waals surface area (Å²) >= 11 is 0. The molecule has 5 nitrogen and oxygen atoms in total.